The Bertz CT molecular complexity index is 960. The molecule has 1 atom stereocenters. The van der Waals surface area contributed by atoms with Crippen molar-refractivity contribution in [3.63, 3.8) is 0 Å². The molecule has 1 aliphatic heterocycles. The summed E-state index contributed by atoms with van der Waals surface area (Å²) >= 11 is 0. The van der Waals surface area contributed by atoms with E-state index in [0.717, 1.165) is 49.6 Å². The van der Waals surface area contributed by atoms with E-state index in [2.05, 4.69) is 5.32 Å². The number of aromatic nitrogens is 1. The molecule has 1 N–H and O–H groups in total. The summed E-state index contributed by atoms with van der Waals surface area (Å²) in [5.74, 6) is -0.0125. The Kier molecular flexibility index (Phi) is 6.04. The zero-order chi connectivity index (χ0) is 22.1. The van der Waals surface area contributed by atoms with Crippen LogP contribution in [0, 0.1) is 0 Å². The minimum Gasteiger partial charge on any atom is -0.463 e. The van der Waals surface area contributed by atoms with Gasteiger partial charge in [0.2, 0.25) is 5.91 Å². The highest BCUT2D eigenvalue weighted by Gasteiger charge is 2.50. The number of nitrogens with one attached hydrogen (secondary N) is 1. The average Bonchev–Trinajstić information content (AvgIpc) is 3.24. The molecule has 174 valence electrons. The van der Waals surface area contributed by atoms with Crippen molar-refractivity contribution in [3.8, 4) is 0 Å². The molecule has 3 aliphatic rings. The summed E-state index contributed by atoms with van der Waals surface area (Å²) in [6, 6.07) is 4.09. The summed E-state index contributed by atoms with van der Waals surface area (Å²) in [6.07, 6.45) is 16.5. The molecule has 2 saturated carbocycles. The van der Waals surface area contributed by atoms with Crippen molar-refractivity contribution in [3.05, 3.63) is 24.1 Å². The van der Waals surface area contributed by atoms with Crippen LogP contribution in [0.25, 0.3) is 11.1 Å². The molecule has 2 aromatic heterocycles. The Morgan fingerprint density at radius 2 is 1.62 bits per heavy atom. The van der Waals surface area contributed by atoms with E-state index in [0.29, 0.717) is 12.2 Å². The summed E-state index contributed by atoms with van der Waals surface area (Å²) in [7, 11) is 0. The summed E-state index contributed by atoms with van der Waals surface area (Å²) in [5, 5.41) is 3.40. The Morgan fingerprint density at radius 3 is 2.31 bits per heavy atom. The van der Waals surface area contributed by atoms with Gasteiger partial charge in [0.1, 0.15) is 11.2 Å². The smallest absolute Gasteiger partial charge is 0.271 e. The maximum atomic E-state index is 13.9. The van der Waals surface area contributed by atoms with E-state index in [1.807, 2.05) is 28.5 Å². The van der Waals surface area contributed by atoms with E-state index in [4.69, 9.17) is 4.42 Å². The van der Waals surface area contributed by atoms with Gasteiger partial charge in [-0.25, -0.2) is 0 Å². The van der Waals surface area contributed by atoms with Gasteiger partial charge in [0.05, 0.1) is 18.3 Å². The summed E-state index contributed by atoms with van der Waals surface area (Å²) < 4.78 is 7.61. The van der Waals surface area contributed by atoms with Crippen LogP contribution in [0.15, 0.2) is 22.8 Å². The molecule has 0 radical (unpaired) electrons. The van der Waals surface area contributed by atoms with Crippen molar-refractivity contribution < 1.29 is 14.0 Å². The molecule has 2 amide bonds. The molecule has 0 aromatic carbocycles. The number of fused-ring (bicyclic) bond motifs is 3. The molecule has 6 nitrogen and oxygen atoms in total. The molecule has 0 saturated heterocycles. The Balaban J connectivity index is 1.49. The minimum absolute atomic E-state index is 0.0108. The van der Waals surface area contributed by atoms with Gasteiger partial charge in [0.25, 0.3) is 5.91 Å². The van der Waals surface area contributed by atoms with Crippen molar-refractivity contribution in [2.24, 2.45) is 0 Å². The summed E-state index contributed by atoms with van der Waals surface area (Å²) in [4.78, 5) is 29.8. The van der Waals surface area contributed by atoms with Gasteiger partial charge in [-0.15, -0.1) is 0 Å². The summed E-state index contributed by atoms with van der Waals surface area (Å²) in [6.45, 7) is 2.47. The maximum Gasteiger partial charge on any atom is 0.271 e. The van der Waals surface area contributed by atoms with Gasteiger partial charge in [0, 0.05) is 24.2 Å². The molecular formula is C26H37N3O3. The standard InChI is InChI=1S/C26H37N3O3/c1-26(25(31)27-19-11-7-3-2-4-8-12-19)18-28-21-15-16-32-23(21)17-22(28)24(30)29(26)20-13-9-5-6-10-14-20/h15-17,19-20H,2-14,18H2,1H3,(H,27,31)/t26-/m1/s1. The second-order valence-corrected chi connectivity index (χ2v) is 10.4. The van der Waals surface area contributed by atoms with Crippen molar-refractivity contribution >= 4 is 22.9 Å². The van der Waals surface area contributed by atoms with Gasteiger partial charge in [-0.05, 0) is 32.6 Å². The van der Waals surface area contributed by atoms with Crippen LogP contribution >= 0.6 is 0 Å². The molecule has 32 heavy (non-hydrogen) atoms. The predicted molar refractivity (Wildman–Crippen MR) is 125 cm³/mol. The van der Waals surface area contributed by atoms with Gasteiger partial charge in [-0.1, -0.05) is 57.8 Å². The molecule has 0 spiro atoms. The third-order valence-corrected chi connectivity index (χ3v) is 8.08. The lowest BCUT2D eigenvalue weighted by molar-refractivity contribution is -0.135. The number of hydrogen-bond acceptors (Lipinski definition) is 3. The topological polar surface area (TPSA) is 67.5 Å². The van der Waals surface area contributed by atoms with Gasteiger partial charge in [0.15, 0.2) is 5.58 Å². The molecule has 5 rings (SSSR count). The van der Waals surface area contributed by atoms with Crippen molar-refractivity contribution in [2.45, 2.75) is 115 Å². The maximum absolute atomic E-state index is 13.9. The van der Waals surface area contributed by atoms with Crippen LogP contribution in [-0.4, -0.2) is 38.9 Å². The van der Waals surface area contributed by atoms with Crippen LogP contribution in [0.4, 0.5) is 0 Å². The number of hydrogen-bond donors (Lipinski definition) is 1. The first-order chi connectivity index (χ1) is 15.6. The van der Waals surface area contributed by atoms with Crippen LogP contribution in [0.5, 0.6) is 0 Å². The summed E-state index contributed by atoms with van der Waals surface area (Å²) in [5.41, 5.74) is 1.38. The zero-order valence-electron chi connectivity index (χ0n) is 19.4. The van der Waals surface area contributed by atoms with Crippen LogP contribution < -0.4 is 5.32 Å². The Labute approximate surface area is 190 Å². The highest BCUT2D eigenvalue weighted by Crippen LogP contribution is 2.37. The first kappa shape index (κ1) is 21.6. The zero-order valence-corrected chi connectivity index (χ0v) is 19.4. The van der Waals surface area contributed by atoms with Crippen molar-refractivity contribution in [2.75, 3.05) is 0 Å². The van der Waals surface area contributed by atoms with Crippen LogP contribution in [0.3, 0.4) is 0 Å². The normalized spacial score (nSPS) is 26.4. The van der Waals surface area contributed by atoms with Crippen molar-refractivity contribution in [1.82, 2.24) is 14.8 Å². The lowest BCUT2D eigenvalue weighted by Crippen LogP contribution is -2.67. The quantitative estimate of drug-likeness (QED) is 0.651. The van der Waals surface area contributed by atoms with E-state index in [9.17, 15) is 9.59 Å². The van der Waals surface area contributed by atoms with Gasteiger partial charge in [-0.2, -0.15) is 0 Å². The highest BCUT2D eigenvalue weighted by molar-refractivity contribution is 6.03. The van der Waals surface area contributed by atoms with Crippen LogP contribution in [0.2, 0.25) is 0 Å². The first-order valence-corrected chi connectivity index (χ1v) is 12.8. The molecule has 0 unspecified atom stereocenters. The largest absolute Gasteiger partial charge is 0.463 e. The Morgan fingerprint density at radius 1 is 1.00 bits per heavy atom. The van der Waals surface area contributed by atoms with E-state index >= 15 is 0 Å². The highest BCUT2D eigenvalue weighted by atomic mass is 16.3. The number of nitrogens with zero attached hydrogens (tertiary/aromatic N) is 2. The number of carbonyl (C=O) groups is 2. The first-order valence-electron chi connectivity index (χ1n) is 12.8. The molecule has 3 heterocycles. The number of carbonyl (C=O) groups excluding carboxylic acids is 2. The fourth-order valence-electron chi connectivity index (χ4n) is 6.26. The van der Waals surface area contributed by atoms with Crippen LogP contribution in [-0.2, 0) is 11.3 Å². The predicted octanol–water partition coefficient (Wildman–Crippen LogP) is 5.40. The van der Waals surface area contributed by atoms with Gasteiger partial charge >= 0.3 is 0 Å². The Hall–Kier alpha value is -2.24. The second-order valence-electron chi connectivity index (χ2n) is 10.4. The molecule has 2 fully saturated rings. The second kappa shape index (κ2) is 8.95. The fraction of sp³-hybridized carbons (Fsp3) is 0.692. The van der Waals surface area contributed by atoms with E-state index in [1.165, 1.54) is 44.9 Å². The van der Waals surface area contributed by atoms with Gasteiger partial charge in [-0.3, -0.25) is 9.59 Å². The number of amides is 2. The SMILES string of the molecule is C[C@]1(C(=O)NC2CCCCCCC2)Cn2c(cc3occc32)C(=O)N1C1CCCCCC1. The fourth-order valence-corrected chi connectivity index (χ4v) is 6.26. The average molecular weight is 440 g/mol. The molecular weight excluding hydrogens is 402 g/mol. The molecule has 2 aromatic rings. The van der Waals surface area contributed by atoms with Crippen molar-refractivity contribution in [1.29, 1.82) is 0 Å². The third-order valence-electron chi connectivity index (χ3n) is 8.08. The molecule has 6 heteroatoms. The monoisotopic (exact) mass is 439 g/mol. The van der Waals surface area contributed by atoms with Crippen LogP contribution in [0.1, 0.15) is 101 Å². The third kappa shape index (κ3) is 3.86. The van der Waals surface area contributed by atoms with E-state index in [1.54, 1.807) is 6.26 Å². The number of rotatable bonds is 3. The number of furan rings is 1. The minimum atomic E-state index is -0.898. The van der Waals surface area contributed by atoms with E-state index < -0.39 is 5.54 Å². The lowest BCUT2D eigenvalue weighted by Gasteiger charge is -2.48. The molecule has 2 aliphatic carbocycles. The van der Waals surface area contributed by atoms with E-state index in [-0.39, 0.29) is 23.9 Å². The lowest BCUT2D eigenvalue weighted by atomic mass is 9.89. The van der Waals surface area contributed by atoms with Gasteiger partial charge < -0.3 is 19.2 Å². The molecule has 0 bridgehead atoms.